The van der Waals surface area contributed by atoms with Crippen LogP contribution in [0.4, 0.5) is 5.69 Å². The summed E-state index contributed by atoms with van der Waals surface area (Å²) in [6, 6.07) is 20.6. The molecule has 618 valence electrons. The van der Waals surface area contributed by atoms with E-state index in [1.807, 2.05) is 12.4 Å². The molecule has 0 radical (unpaired) electrons. The summed E-state index contributed by atoms with van der Waals surface area (Å²) >= 11 is 0. The van der Waals surface area contributed by atoms with Crippen LogP contribution in [0.3, 0.4) is 0 Å². The molecular weight excluding hydrogens is 1330 g/mol. The highest BCUT2D eigenvalue weighted by molar-refractivity contribution is 5.59. The highest BCUT2D eigenvalue weighted by Crippen LogP contribution is 2.49. The summed E-state index contributed by atoms with van der Waals surface area (Å²) in [5.41, 5.74) is 12.0. The summed E-state index contributed by atoms with van der Waals surface area (Å²) in [7, 11) is 0. The normalized spacial score (nSPS) is 30.2. The number of nitrogens with one attached hydrogen (secondary N) is 2. The standard InChI is InChI=1S/C12H23N.2C12H17N.C11H22N2.C11H16N2.C11H21N.C10H20N2.2C9H17N/c2*1-12(2,3)13-8-10-6-4-5-7-11(10)9-13;1-12(2,3)13-9-8-10-6-4-5-7-11(10)13;2*1-11(2,3)13-7-9-4-5-12-6-10(9)8-13;1-11(2,3)12-7-9-5-4-6-10(9)8-12;1-10(2,3)12-6-8-4-11-5-9(8)7-12;1-9(2,3)10-5-7-4-8(7)6-10;1-9(2,3)10-5-4-7-6-8(7)10/h10-11H,4-9H2,1-3H3;2*4-7H,8-9H2,1-3H3;9-10,12H,4-8H2,1-3H3;4-6H,7-8H2,1-3H3;9-10H,4-8H2,1-3H3;8-9,11H,4-7H2,1-3H3;2*7-8H,4-6H2,1-3H3. The molecule has 12 fully saturated rings. The Morgan fingerprint density at radius 2 is 0.661 bits per heavy atom. The van der Waals surface area contributed by atoms with Crippen LogP contribution in [0.2, 0.25) is 0 Å². The Balaban J connectivity index is 0.000000131. The van der Waals surface area contributed by atoms with Crippen LogP contribution in [0.5, 0.6) is 0 Å². The van der Waals surface area contributed by atoms with E-state index in [0.29, 0.717) is 38.8 Å². The van der Waals surface area contributed by atoms with Crippen molar-refractivity contribution in [3.05, 3.63) is 94.8 Å². The van der Waals surface area contributed by atoms with Crippen molar-refractivity contribution in [2.45, 2.75) is 346 Å². The van der Waals surface area contributed by atoms with Crippen LogP contribution in [0, 0.1) is 65.1 Å². The van der Waals surface area contributed by atoms with Crippen LogP contribution >= 0.6 is 0 Å². The van der Waals surface area contributed by atoms with E-state index in [2.05, 4.69) is 301 Å². The number of benzene rings is 2. The number of likely N-dealkylation sites (tertiary alicyclic amines) is 6. The quantitative estimate of drug-likeness (QED) is 0.225. The van der Waals surface area contributed by atoms with Gasteiger partial charge in [0.05, 0.1) is 0 Å². The zero-order valence-corrected chi connectivity index (χ0v) is 75.9. The number of rotatable bonds is 0. The van der Waals surface area contributed by atoms with Gasteiger partial charge in [-0.1, -0.05) is 61.7 Å². The number of hydrogen-bond acceptors (Lipinski definition) is 12. The molecule has 12 atom stereocenters. The molecule has 0 spiro atoms. The summed E-state index contributed by atoms with van der Waals surface area (Å²) in [5, 5.41) is 6.97. The Kier molecular flexibility index (Phi) is 29.1. The molecular formula is C97H170N12. The van der Waals surface area contributed by atoms with Crippen molar-refractivity contribution in [1.29, 1.82) is 0 Å². The SMILES string of the molecule is CC(C)(C)N1CC2CC2C1.CC(C)(C)N1CC2CCCC2C1.CC(C)(C)N1CC2CCCCC2C1.CC(C)(C)N1CC2CCNCC2C1.CC(C)(C)N1CC2CNCC2C1.CC(C)(C)N1CCC2CC21.CC(C)(C)N1CCc2ccccc21.CC(C)(C)N1Cc2ccccc2C1.CC(C)(C)N1Cc2ccncc2C1. The lowest BCUT2D eigenvalue weighted by Crippen LogP contribution is -2.41. The Bertz CT molecular complexity index is 3020. The molecule has 8 saturated heterocycles. The maximum Gasteiger partial charge on any atom is 0.0403 e. The molecule has 4 saturated carbocycles. The van der Waals surface area contributed by atoms with Gasteiger partial charge in [0.2, 0.25) is 0 Å². The molecule has 2 aromatic carbocycles. The van der Waals surface area contributed by atoms with E-state index >= 15 is 0 Å². The number of anilines is 1. The first-order valence-electron chi connectivity index (χ1n) is 45.0. The van der Waals surface area contributed by atoms with Crippen molar-refractivity contribution in [2.24, 2.45) is 65.1 Å². The molecule has 18 rings (SSSR count). The summed E-state index contributed by atoms with van der Waals surface area (Å²) in [6.45, 7) is 87.7. The van der Waals surface area contributed by atoms with Crippen LogP contribution in [-0.4, -0.2) is 205 Å². The Morgan fingerprint density at radius 3 is 1.02 bits per heavy atom. The predicted molar refractivity (Wildman–Crippen MR) is 468 cm³/mol. The lowest BCUT2D eigenvalue weighted by Gasteiger charge is -2.34. The number of hydrogen-bond donors (Lipinski definition) is 2. The molecule has 15 aliphatic rings. The smallest absolute Gasteiger partial charge is 0.0403 e. The number of nitrogens with zero attached hydrogens (tertiary/aromatic N) is 10. The summed E-state index contributed by atoms with van der Waals surface area (Å²) in [4.78, 5) is 27.5. The minimum Gasteiger partial charge on any atom is -0.366 e. The average molecular weight is 1500 g/mol. The van der Waals surface area contributed by atoms with E-state index < -0.39 is 0 Å². The minimum absolute atomic E-state index is 0.257. The van der Waals surface area contributed by atoms with Crippen LogP contribution in [-0.2, 0) is 32.6 Å². The highest BCUT2D eigenvalue weighted by Gasteiger charge is 2.51. The van der Waals surface area contributed by atoms with Gasteiger partial charge in [-0.25, -0.2) is 0 Å². The minimum atomic E-state index is 0.257. The molecule has 0 amide bonds. The van der Waals surface area contributed by atoms with Crippen LogP contribution < -0.4 is 15.5 Å². The fourth-order valence-corrected chi connectivity index (χ4v) is 20.5. The second-order valence-electron chi connectivity index (χ2n) is 46.0. The third-order valence-electron chi connectivity index (χ3n) is 28.5. The van der Waals surface area contributed by atoms with Crippen LogP contribution in [0.1, 0.15) is 285 Å². The first kappa shape index (κ1) is 88.4. The predicted octanol–water partition coefficient (Wildman–Crippen LogP) is 19.1. The number of piperidine rings is 3. The molecule has 2 N–H and O–H groups in total. The van der Waals surface area contributed by atoms with Gasteiger partial charge in [0.1, 0.15) is 0 Å². The van der Waals surface area contributed by atoms with Crippen LogP contribution in [0.25, 0.3) is 0 Å². The second-order valence-corrected chi connectivity index (χ2v) is 46.0. The molecule has 1 aromatic heterocycles. The van der Waals surface area contributed by atoms with Gasteiger partial charge in [-0.15, -0.1) is 0 Å². The third kappa shape index (κ3) is 24.8. The topological polar surface area (TPSA) is 66.1 Å². The van der Waals surface area contributed by atoms with E-state index in [1.54, 1.807) is 0 Å². The summed E-state index contributed by atoms with van der Waals surface area (Å²) < 4.78 is 0. The highest BCUT2D eigenvalue weighted by atomic mass is 15.3. The van der Waals surface area contributed by atoms with Crippen LogP contribution in [0.15, 0.2) is 67.0 Å². The first-order chi connectivity index (χ1) is 50.7. The van der Waals surface area contributed by atoms with Crippen molar-refractivity contribution < 1.29 is 0 Å². The molecule has 12 nitrogen and oxygen atoms in total. The largest absolute Gasteiger partial charge is 0.366 e. The van der Waals surface area contributed by atoms with E-state index in [4.69, 9.17) is 0 Å². The Morgan fingerprint density at radius 1 is 0.303 bits per heavy atom. The molecule has 3 aromatic rings. The van der Waals surface area contributed by atoms with E-state index in [0.717, 1.165) is 97.3 Å². The lowest BCUT2D eigenvalue weighted by molar-refractivity contribution is 0.136. The fourth-order valence-electron chi connectivity index (χ4n) is 20.5. The number of fused-ring (bicyclic) bond motifs is 9. The van der Waals surface area contributed by atoms with Gasteiger partial charge in [0.15, 0.2) is 0 Å². The van der Waals surface area contributed by atoms with E-state index in [9.17, 15) is 0 Å². The van der Waals surface area contributed by atoms with Gasteiger partial charge in [0.25, 0.3) is 0 Å². The van der Waals surface area contributed by atoms with Gasteiger partial charge >= 0.3 is 0 Å². The van der Waals surface area contributed by atoms with E-state index in [1.165, 1.54) is 215 Å². The van der Waals surface area contributed by atoms with Gasteiger partial charge in [-0.05, 0) is 382 Å². The van der Waals surface area contributed by atoms with Crippen molar-refractivity contribution in [3.8, 4) is 0 Å². The van der Waals surface area contributed by atoms with Crippen molar-refractivity contribution in [3.63, 3.8) is 0 Å². The molecule has 11 aliphatic heterocycles. The zero-order valence-electron chi connectivity index (χ0n) is 75.9. The Labute approximate surface area is 672 Å². The molecule has 109 heavy (non-hydrogen) atoms. The summed E-state index contributed by atoms with van der Waals surface area (Å²) in [5.74, 6) is 11.2. The molecule has 12 heterocycles. The second kappa shape index (κ2) is 35.8. The van der Waals surface area contributed by atoms with Crippen molar-refractivity contribution in [2.75, 3.05) is 110 Å². The van der Waals surface area contributed by atoms with Gasteiger partial charge < -0.3 is 15.5 Å². The number of pyridine rings is 1. The van der Waals surface area contributed by atoms with E-state index in [-0.39, 0.29) is 11.1 Å². The van der Waals surface area contributed by atoms with Gasteiger partial charge in [0, 0.05) is 172 Å². The number of para-hydroxylation sites is 1. The molecule has 4 aliphatic carbocycles. The van der Waals surface area contributed by atoms with Gasteiger partial charge in [-0.2, -0.15) is 0 Å². The van der Waals surface area contributed by atoms with Gasteiger partial charge in [-0.3, -0.25) is 44.2 Å². The molecule has 12 unspecified atom stereocenters. The first-order valence-corrected chi connectivity index (χ1v) is 45.0. The Hall–Kier alpha value is -3.01. The number of aromatic nitrogens is 1. The third-order valence-corrected chi connectivity index (χ3v) is 28.5. The summed E-state index contributed by atoms with van der Waals surface area (Å²) in [6.07, 6.45) is 21.4. The fraction of sp³-hybridized carbons (Fsp3) is 0.825. The zero-order chi connectivity index (χ0) is 79.6. The van der Waals surface area contributed by atoms with Crippen molar-refractivity contribution >= 4 is 5.69 Å². The monoisotopic (exact) mass is 1500 g/mol. The molecule has 0 bridgehead atoms. The molecule has 12 heteroatoms. The lowest BCUT2D eigenvalue weighted by atomic mass is 9.82. The average Bonchev–Trinajstić information content (AvgIpc) is 1.60. The maximum atomic E-state index is 4.15. The maximum absolute atomic E-state index is 4.15. The van der Waals surface area contributed by atoms with Crippen molar-refractivity contribution in [1.82, 2.24) is 54.8 Å².